The average Bonchev–Trinajstić information content (AvgIpc) is 3.14. The molecule has 3 aromatic rings. The zero-order valence-corrected chi connectivity index (χ0v) is 18.0. The Bertz CT molecular complexity index is 1110. The number of H-pyrrole nitrogens is 1. The van der Waals surface area contributed by atoms with Crippen LogP contribution in [-0.2, 0) is 11.3 Å². The number of piperazine rings is 1. The normalized spacial score (nSPS) is 16.5. The van der Waals surface area contributed by atoms with Gasteiger partial charge in [-0.2, -0.15) is 0 Å². The number of aryl methyl sites for hydroxylation is 1. The van der Waals surface area contributed by atoms with E-state index in [0.29, 0.717) is 30.7 Å². The molecule has 0 aliphatic carbocycles. The van der Waals surface area contributed by atoms with Gasteiger partial charge in [-0.3, -0.25) is 19.6 Å². The van der Waals surface area contributed by atoms with Crippen LogP contribution in [0.2, 0.25) is 0 Å². The van der Waals surface area contributed by atoms with Crippen LogP contribution < -0.4 is 4.74 Å². The van der Waals surface area contributed by atoms with Crippen molar-refractivity contribution in [2.45, 2.75) is 26.4 Å². The van der Waals surface area contributed by atoms with E-state index in [4.69, 9.17) is 4.74 Å². The summed E-state index contributed by atoms with van der Waals surface area (Å²) in [6, 6.07) is 3.62. The second kappa shape index (κ2) is 8.64. The van der Waals surface area contributed by atoms with Crippen molar-refractivity contribution >= 4 is 16.9 Å². The van der Waals surface area contributed by atoms with Gasteiger partial charge in [0.15, 0.2) is 0 Å². The third-order valence-corrected chi connectivity index (χ3v) is 6.10. The smallest absolute Gasteiger partial charge is 0.325 e. The summed E-state index contributed by atoms with van der Waals surface area (Å²) in [5, 5.41) is 10.7. The molecule has 0 radical (unpaired) electrons. The third kappa shape index (κ3) is 4.13. The number of carboxylic acid groups (broad SMARTS) is 1. The molecule has 7 nitrogen and oxygen atoms in total. The molecular formula is C23H27FN4O3. The molecule has 0 bridgehead atoms. The van der Waals surface area contributed by atoms with Gasteiger partial charge in [-0.05, 0) is 32.0 Å². The van der Waals surface area contributed by atoms with Crippen molar-refractivity contribution in [1.29, 1.82) is 0 Å². The number of aliphatic carboxylic acids is 1. The minimum absolute atomic E-state index is 0.349. The quantitative estimate of drug-likeness (QED) is 0.630. The molecule has 1 fully saturated rings. The van der Waals surface area contributed by atoms with Crippen LogP contribution in [-0.4, -0.2) is 64.1 Å². The molecule has 1 saturated heterocycles. The Labute approximate surface area is 180 Å². The first-order valence-electron chi connectivity index (χ1n) is 10.3. The van der Waals surface area contributed by atoms with Gasteiger partial charge in [-0.1, -0.05) is 0 Å². The van der Waals surface area contributed by atoms with Gasteiger partial charge in [0, 0.05) is 72.7 Å². The Hall–Kier alpha value is -2.97. The van der Waals surface area contributed by atoms with Gasteiger partial charge in [0.1, 0.15) is 17.6 Å². The fourth-order valence-electron chi connectivity index (χ4n) is 4.45. The number of methoxy groups -OCH3 is 1. The highest BCUT2D eigenvalue weighted by Crippen LogP contribution is 2.30. The predicted molar refractivity (Wildman–Crippen MR) is 116 cm³/mol. The first-order chi connectivity index (χ1) is 14.9. The highest BCUT2D eigenvalue weighted by atomic mass is 19.1. The monoisotopic (exact) mass is 426 g/mol. The topological polar surface area (TPSA) is 81.7 Å². The number of hydrogen-bond donors (Lipinski definition) is 2. The van der Waals surface area contributed by atoms with Crippen molar-refractivity contribution in [3.8, 4) is 5.75 Å². The number of halogens is 1. The van der Waals surface area contributed by atoms with Crippen LogP contribution in [0.1, 0.15) is 28.4 Å². The van der Waals surface area contributed by atoms with Crippen molar-refractivity contribution < 1.29 is 19.0 Å². The Morgan fingerprint density at radius 2 is 2.03 bits per heavy atom. The van der Waals surface area contributed by atoms with Gasteiger partial charge in [0.05, 0.1) is 12.8 Å². The number of aromatic amines is 1. The van der Waals surface area contributed by atoms with E-state index in [1.165, 1.54) is 12.1 Å². The lowest BCUT2D eigenvalue weighted by molar-refractivity contribution is -0.144. The molecule has 3 heterocycles. The van der Waals surface area contributed by atoms with E-state index in [2.05, 4.69) is 14.9 Å². The molecule has 2 aromatic heterocycles. The van der Waals surface area contributed by atoms with Crippen LogP contribution in [0.4, 0.5) is 4.39 Å². The van der Waals surface area contributed by atoms with Crippen molar-refractivity contribution in [2.75, 3.05) is 33.3 Å². The number of benzene rings is 1. The SMILES string of the molecule is COc1c(C)cnc(CN2CCN([C@H](C(=O)O)c3c[nH]c4cc(F)ccc34)CC2)c1C. The van der Waals surface area contributed by atoms with Crippen molar-refractivity contribution in [1.82, 2.24) is 19.8 Å². The van der Waals surface area contributed by atoms with E-state index in [9.17, 15) is 14.3 Å². The van der Waals surface area contributed by atoms with Gasteiger partial charge < -0.3 is 14.8 Å². The van der Waals surface area contributed by atoms with Crippen molar-refractivity contribution in [2.24, 2.45) is 0 Å². The highest BCUT2D eigenvalue weighted by Gasteiger charge is 2.32. The number of carboxylic acids is 1. The summed E-state index contributed by atoms with van der Waals surface area (Å²) in [4.78, 5) is 24.0. The Balaban J connectivity index is 1.48. The Morgan fingerprint density at radius 1 is 1.29 bits per heavy atom. The largest absolute Gasteiger partial charge is 0.496 e. The lowest BCUT2D eigenvalue weighted by Crippen LogP contribution is -2.49. The first kappa shape index (κ1) is 21.3. The maximum atomic E-state index is 13.5. The maximum absolute atomic E-state index is 13.5. The molecule has 1 aliphatic rings. The maximum Gasteiger partial charge on any atom is 0.325 e. The van der Waals surface area contributed by atoms with Crippen molar-refractivity contribution in [3.05, 3.63) is 58.8 Å². The van der Waals surface area contributed by atoms with Gasteiger partial charge in [0.25, 0.3) is 0 Å². The molecule has 0 unspecified atom stereocenters. The molecule has 0 saturated carbocycles. The highest BCUT2D eigenvalue weighted by molar-refractivity contribution is 5.89. The molecule has 1 atom stereocenters. The number of aromatic nitrogens is 2. The summed E-state index contributed by atoms with van der Waals surface area (Å²) in [5.41, 5.74) is 4.30. The Morgan fingerprint density at radius 3 is 2.71 bits per heavy atom. The van der Waals surface area contributed by atoms with Crippen molar-refractivity contribution in [3.63, 3.8) is 0 Å². The molecule has 31 heavy (non-hydrogen) atoms. The minimum atomic E-state index is -0.903. The van der Waals surface area contributed by atoms with E-state index in [-0.39, 0.29) is 5.82 Å². The molecule has 8 heteroatoms. The Kier molecular flexibility index (Phi) is 5.93. The summed E-state index contributed by atoms with van der Waals surface area (Å²) in [7, 11) is 1.67. The van der Waals surface area contributed by atoms with Crippen LogP contribution >= 0.6 is 0 Å². The lowest BCUT2D eigenvalue weighted by Gasteiger charge is -2.37. The number of ether oxygens (including phenoxy) is 1. The summed E-state index contributed by atoms with van der Waals surface area (Å²) < 4.78 is 19.0. The number of hydrogen-bond acceptors (Lipinski definition) is 5. The minimum Gasteiger partial charge on any atom is -0.496 e. The molecule has 0 amide bonds. The molecule has 4 rings (SSSR count). The standard InChI is InChI=1S/C23H27FN4O3/c1-14-11-25-20(15(2)22(14)31-3)13-27-6-8-28(9-7-27)21(23(29)30)18-12-26-19-10-16(24)4-5-17(18)19/h4-5,10-12,21,26H,6-9,13H2,1-3H3,(H,29,30)/t21-/m0/s1. The average molecular weight is 426 g/mol. The van der Waals surface area contributed by atoms with Crippen LogP contribution in [0.5, 0.6) is 5.75 Å². The van der Waals surface area contributed by atoms with Crippen LogP contribution in [0.15, 0.2) is 30.6 Å². The van der Waals surface area contributed by atoms with E-state index in [1.54, 1.807) is 19.4 Å². The number of pyridine rings is 1. The zero-order valence-electron chi connectivity index (χ0n) is 18.0. The summed E-state index contributed by atoms with van der Waals surface area (Å²) in [5.74, 6) is -0.386. The van der Waals surface area contributed by atoms with Crippen LogP contribution in [0.25, 0.3) is 10.9 Å². The third-order valence-electron chi connectivity index (χ3n) is 6.10. The van der Waals surface area contributed by atoms with Crippen LogP contribution in [0, 0.1) is 19.7 Å². The first-order valence-corrected chi connectivity index (χ1v) is 10.3. The predicted octanol–water partition coefficient (Wildman–Crippen LogP) is 3.27. The number of fused-ring (bicyclic) bond motifs is 1. The van der Waals surface area contributed by atoms with E-state index in [0.717, 1.165) is 41.0 Å². The van der Waals surface area contributed by atoms with Gasteiger partial charge in [-0.15, -0.1) is 0 Å². The molecule has 2 N–H and O–H groups in total. The molecule has 164 valence electrons. The van der Waals surface area contributed by atoms with E-state index < -0.39 is 12.0 Å². The fourth-order valence-corrected chi connectivity index (χ4v) is 4.45. The summed E-state index contributed by atoms with van der Waals surface area (Å²) in [6.07, 6.45) is 3.51. The van der Waals surface area contributed by atoms with E-state index >= 15 is 0 Å². The van der Waals surface area contributed by atoms with Crippen LogP contribution in [0.3, 0.4) is 0 Å². The number of nitrogens with zero attached hydrogens (tertiary/aromatic N) is 3. The molecule has 1 aliphatic heterocycles. The van der Waals surface area contributed by atoms with E-state index in [1.807, 2.05) is 24.9 Å². The number of nitrogens with one attached hydrogen (secondary N) is 1. The number of carbonyl (C=O) groups is 1. The molecular weight excluding hydrogens is 399 g/mol. The number of rotatable bonds is 6. The summed E-state index contributed by atoms with van der Waals surface area (Å²) in [6.45, 7) is 7.40. The molecule has 1 aromatic carbocycles. The van der Waals surface area contributed by atoms with Gasteiger partial charge >= 0.3 is 5.97 Å². The van der Waals surface area contributed by atoms with Gasteiger partial charge in [-0.25, -0.2) is 4.39 Å². The lowest BCUT2D eigenvalue weighted by atomic mass is 10.0. The zero-order chi connectivity index (χ0) is 22.1. The second-order valence-corrected chi connectivity index (χ2v) is 8.03. The molecule has 0 spiro atoms. The van der Waals surface area contributed by atoms with Gasteiger partial charge in [0.2, 0.25) is 0 Å². The summed E-state index contributed by atoms with van der Waals surface area (Å²) >= 11 is 0. The second-order valence-electron chi connectivity index (χ2n) is 8.03. The fraction of sp³-hybridized carbons (Fsp3) is 0.391.